The second-order valence-electron chi connectivity index (χ2n) is 6.10. The molecule has 0 spiro atoms. The first-order chi connectivity index (χ1) is 8.29. The molecular formula is C15H29NO. The van der Waals surface area contributed by atoms with Gasteiger partial charge in [-0.05, 0) is 37.5 Å². The van der Waals surface area contributed by atoms with Gasteiger partial charge in [0.1, 0.15) is 0 Å². The van der Waals surface area contributed by atoms with Crippen LogP contribution >= 0.6 is 0 Å². The third-order valence-electron chi connectivity index (χ3n) is 4.84. The minimum Gasteiger partial charge on any atom is -0.377 e. The Morgan fingerprint density at radius 3 is 2.59 bits per heavy atom. The summed E-state index contributed by atoms with van der Waals surface area (Å²) in [6.45, 7) is 3.10. The van der Waals surface area contributed by atoms with E-state index in [2.05, 4.69) is 6.92 Å². The molecule has 100 valence electrons. The van der Waals surface area contributed by atoms with Gasteiger partial charge in [0, 0.05) is 6.04 Å². The fourth-order valence-electron chi connectivity index (χ4n) is 3.53. The highest BCUT2D eigenvalue weighted by molar-refractivity contribution is 4.79. The molecule has 2 N–H and O–H groups in total. The fraction of sp³-hybridized carbons (Fsp3) is 1.00. The first kappa shape index (κ1) is 13.4. The lowest BCUT2D eigenvalue weighted by Crippen LogP contribution is -2.36. The minimum atomic E-state index is 0.291. The lowest BCUT2D eigenvalue weighted by Gasteiger charge is -2.30. The molecule has 2 fully saturated rings. The fourth-order valence-corrected chi connectivity index (χ4v) is 3.53. The van der Waals surface area contributed by atoms with Crippen molar-refractivity contribution < 1.29 is 4.74 Å². The van der Waals surface area contributed by atoms with Crippen LogP contribution in [0.4, 0.5) is 0 Å². The van der Waals surface area contributed by atoms with Crippen molar-refractivity contribution in [1.82, 2.24) is 0 Å². The molecule has 2 rings (SSSR count). The van der Waals surface area contributed by atoms with Gasteiger partial charge in [0.2, 0.25) is 0 Å². The third kappa shape index (κ3) is 3.96. The van der Waals surface area contributed by atoms with Crippen LogP contribution < -0.4 is 5.73 Å². The van der Waals surface area contributed by atoms with Crippen LogP contribution in [-0.2, 0) is 4.74 Å². The van der Waals surface area contributed by atoms with E-state index >= 15 is 0 Å². The smallest absolute Gasteiger partial charge is 0.0623 e. The van der Waals surface area contributed by atoms with E-state index < -0.39 is 0 Å². The molecule has 2 aliphatic rings. The van der Waals surface area contributed by atoms with Crippen LogP contribution in [0.15, 0.2) is 0 Å². The molecule has 3 unspecified atom stereocenters. The Morgan fingerprint density at radius 2 is 1.88 bits per heavy atom. The van der Waals surface area contributed by atoms with Crippen molar-refractivity contribution in [1.29, 1.82) is 0 Å². The van der Waals surface area contributed by atoms with Crippen LogP contribution in [0.5, 0.6) is 0 Å². The van der Waals surface area contributed by atoms with Crippen molar-refractivity contribution in [2.24, 2.45) is 17.6 Å². The average molecular weight is 239 g/mol. The van der Waals surface area contributed by atoms with E-state index in [1.165, 1.54) is 57.8 Å². The maximum Gasteiger partial charge on any atom is 0.0623 e. The summed E-state index contributed by atoms with van der Waals surface area (Å²) in [5, 5.41) is 0. The van der Waals surface area contributed by atoms with Gasteiger partial charge in [0.25, 0.3) is 0 Å². The van der Waals surface area contributed by atoms with Crippen molar-refractivity contribution in [2.45, 2.75) is 76.9 Å². The molecule has 17 heavy (non-hydrogen) atoms. The maximum atomic E-state index is 6.24. The monoisotopic (exact) mass is 239 g/mol. The van der Waals surface area contributed by atoms with E-state index in [1.807, 2.05) is 0 Å². The number of hydrogen-bond acceptors (Lipinski definition) is 2. The standard InChI is InChI=1S/C15H29NO/c1-2-12-6-5-9-14(10-12)17-11-15(16)13-7-3-4-8-13/h12-15H,2-11,16H2,1H3. The normalized spacial score (nSPS) is 32.8. The molecule has 0 amide bonds. The van der Waals surface area contributed by atoms with Crippen molar-refractivity contribution in [3.05, 3.63) is 0 Å². The zero-order valence-electron chi connectivity index (χ0n) is 11.4. The highest BCUT2D eigenvalue weighted by Crippen LogP contribution is 2.30. The highest BCUT2D eigenvalue weighted by Gasteiger charge is 2.25. The number of ether oxygens (including phenoxy) is 1. The summed E-state index contributed by atoms with van der Waals surface area (Å²) in [5.41, 5.74) is 6.24. The van der Waals surface area contributed by atoms with Crippen LogP contribution in [-0.4, -0.2) is 18.8 Å². The summed E-state index contributed by atoms with van der Waals surface area (Å²) in [6.07, 6.45) is 12.5. The van der Waals surface area contributed by atoms with Gasteiger partial charge in [0.05, 0.1) is 12.7 Å². The summed E-state index contributed by atoms with van der Waals surface area (Å²) >= 11 is 0. The Morgan fingerprint density at radius 1 is 1.12 bits per heavy atom. The average Bonchev–Trinajstić information content (AvgIpc) is 2.90. The zero-order valence-corrected chi connectivity index (χ0v) is 11.4. The summed E-state index contributed by atoms with van der Waals surface area (Å²) in [5.74, 6) is 1.64. The molecule has 0 aromatic heterocycles. The van der Waals surface area contributed by atoms with E-state index in [4.69, 9.17) is 10.5 Å². The molecular weight excluding hydrogens is 210 g/mol. The van der Waals surface area contributed by atoms with Gasteiger partial charge in [-0.15, -0.1) is 0 Å². The molecule has 2 saturated carbocycles. The van der Waals surface area contributed by atoms with Crippen molar-refractivity contribution >= 4 is 0 Å². The second kappa shape index (κ2) is 6.75. The lowest BCUT2D eigenvalue weighted by atomic mass is 9.85. The van der Waals surface area contributed by atoms with E-state index in [0.29, 0.717) is 12.1 Å². The molecule has 0 heterocycles. The van der Waals surface area contributed by atoms with Gasteiger partial charge in [-0.25, -0.2) is 0 Å². The van der Waals surface area contributed by atoms with E-state index in [-0.39, 0.29) is 0 Å². The predicted octanol–water partition coefficient (Wildman–Crippen LogP) is 3.49. The Bertz CT molecular complexity index is 213. The van der Waals surface area contributed by atoms with Gasteiger partial charge in [-0.3, -0.25) is 0 Å². The van der Waals surface area contributed by atoms with E-state index in [9.17, 15) is 0 Å². The largest absolute Gasteiger partial charge is 0.377 e. The van der Waals surface area contributed by atoms with Crippen LogP contribution in [0.2, 0.25) is 0 Å². The Hall–Kier alpha value is -0.0800. The minimum absolute atomic E-state index is 0.291. The molecule has 2 heteroatoms. The molecule has 0 aromatic rings. The predicted molar refractivity (Wildman–Crippen MR) is 71.9 cm³/mol. The van der Waals surface area contributed by atoms with Crippen LogP contribution in [0.25, 0.3) is 0 Å². The molecule has 2 nitrogen and oxygen atoms in total. The number of rotatable bonds is 5. The first-order valence-corrected chi connectivity index (χ1v) is 7.66. The van der Waals surface area contributed by atoms with Crippen molar-refractivity contribution in [2.75, 3.05) is 6.61 Å². The topological polar surface area (TPSA) is 35.2 Å². The summed E-state index contributed by atoms with van der Waals surface area (Å²) in [6, 6.07) is 0.291. The molecule has 2 aliphatic carbocycles. The summed E-state index contributed by atoms with van der Waals surface area (Å²) < 4.78 is 6.06. The molecule has 0 saturated heterocycles. The van der Waals surface area contributed by atoms with Gasteiger partial charge in [-0.1, -0.05) is 39.0 Å². The zero-order chi connectivity index (χ0) is 12.1. The Labute approximate surface area is 106 Å². The van der Waals surface area contributed by atoms with Crippen LogP contribution in [0.1, 0.15) is 64.7 Å². The van der Waals surface area contributed by atoms with Gasteiger partial charge >= 0.3 is 0 Å². The van der Waals surface area contributed by atoms with Crippen molar-refractivity contribution in [3.8, 4) is 0 Å². The SMILES string of the molecule is CCC1CCCC(OCC(N)C2CCCC2)C1. The van der Waals surface area contributed by atoms with Gasteiger partial charge in [-0.2, -0.15) is 0 Å². The Kier molecular flexibility index (Phi) is 5.30. The summed E-state index contributed by atoms with van der Waals surface area (Å²) in [7, 11) is 0. The quantitative estimate of drug-likeness (QED) is 0.797. The molecule has 3 atom stereocenters. The lowest BCUT2D eigenvalue weighted by molar-refractivity contribution is -0.000391. The molecule has 0 aromatic carbocycles. The van der Waals surface area contributed by atoms with Gasteiger partial charge < -0.3 is 10.5 Å². The molecule has 0 bridgehead atoms. The maximum absolute atomic E-state index is 6.24. The number of nitrogens with two attached hydrogens (primary N) is 1. The van der Waals surface area contributed by atoms with Crippen molar-refractivity contribution in [3.63, 3.8) is 0 Å². The van der Waals surface area contributed by atoms with E-state index in [1.54, 1.807) is 0 Å². The van der Waals surface area contributed by atoms with Crippen LogP contribution in [0.3, 0.4) is 0 Å². The molecule has 0 aliphatic heterocycles. The second-order valence-corrected chi connectivity index (χ2v) is 6.10. The van der Waals surface area contributed by atoms with E-state index in [0.717, 1.165) is 18.4 Å². The van der Waals surface area contributed by atoms with Gasteiger partial charge in [0.15, 0.2) is 0 Å². The highest BCUT2D eigenvalue weighted by atomic mass is 16.5. The first-order valence-electron chi connectivity index (χ1n) is 7.66. The summed E-state index contributed by atoms with van der Waals surface area (Å²) in [4.78, 5) is 0. The number of hydrogen-bond donors (Lipinski definition) is 1. The van der Waals surface area contributed by atoms with Crippen LogP contribution in [0, 0.1) is 11.8 Å². The Balaban J connectivity index is 1.66. The molecule has 0 radical (unpaired) electrons. The third-order valence-corrected chi connectivity index (χ3v) is 4.84.